The number of hydrogen-bond acceptors (Lipinski definition) is 5. The molecule has 1 fully saturated rings. The van der Waals surface area contributed by atoms with E-state index in [2.05, 4.69) is 9.97 Å². The Kier molecular flexibility index (Phi) is 4.88. The highest BCUT2D eigenvalue weighted by atomic mass is 16.4. The Hall–Kier alpha value is -2.70. The van der Waals surface area contributed by atoms with Gasteiger partial charge in [0.1, 0.15) is 5.69 Å². The number of carbonyl (C=O) groups is 2. The van der Waals surface area contributed by atoms with Gasteiger partial charge in [-0.25, -0.2) is 14.8 Å². The Bertz CT molecular complexity index is 691. The molecule has 0 unspecified atom stereocenters. The lowest BCUT2D eigenvalue weighted by atomic mass is 9.93. The minimum Gasteiger partial charge on any atom is -0.476 e. The maximum absolute atomic E-state index is 12.9. The van der Waals surface area contributed by atoms with E-state index in [0.29, 0.717) is 6.54 Å². The number of amides is 1. The van der Waals surface area contributed by atoms with E-state index in [1.807, 2.05) is 6.07 Å². The van der Waals surface area contributed by atoms with Gasteiger partial charge in [-0.3, -0.25) is 4.79 Å². The molecule has 0 spiro atoms. The fourth-order valence-electron chi connectivity index (χ4n) is 3.03. The Morgan fingerprint density at radius 2 is 1.88 bits per heavy atom. The van der Waals surface area contributed by atoms with Crippen molar-refractivity contribution in [2.75, 3.05) is 0 Å². The Balaban J connectivity index is 1.82. The summed E-state index contributed by atoms with van der Waals surface area (Å²) in [6.07, 6.45) is 10.9. The first kappa shape index (κ1) is 16.2. The van der Waals surface area contributed by atoms with Crippen molar-refractivity contribution in [3.05, 3.63) is 47.9 Å². The van der Waals surface area contributed by atoms with E-state index in [1.165, 1.54) is 12.6 Å². The van der Waals surface area contributed by atoms with Gasteiger partial charge >= 0.3 is 5.97 Å². The third-order valence-corrected chi connectivity index (χ3v) is 4.30. The smallest absolute Gasteiger partial charge is 0.356 e. The fourth-order valence-corrected chi connectivity index (χ4v) is 3.03. The van der Waals surface area contributed by atoms with Crippen molar-refractivity contribution in [2.24, 2.45) is 0 Å². The third-order valence-electron chi connectivity index (χ3n) is 4.30. The van der Waals surface area contributed by atoms with Crippen LogP contribution >= 0.6 is 0 Å². The third kappa shape index (κ3) is 3.61. The highest BCUT2D eigenvalue weighted by molar-refractivity contribution is 5.93. The average Bonchev–Trinajstić information content (AvgIpc) is 3.13. The number of nitrogens with zero attached hydrogens (tertiary/aromatic N) is 3. The maximum Gasteiger partial charge on any atom is 0.356 e. The van der Waals surface area contributed by atoms with Gasteiger partial charge < -0.3 is 14.4 Å². The van der Waals surface area contributed by atoms with E-state index < -0.39 is 5.97 Å². The molecule has 2 aromatic rings. The molecular formula is C17H19N3O4. The van der Waals surface area contributed by atoms with Crippen LogP contribution in [0.5, 0.6) is 0 Å². The first-order valence-corrected chi connectivity index (χ1v) is 8.02. The minimum absolute atomic E-state index is 0.155. The van der Waals surface area contributed by atoms with Crippen LogP contribution in [-0.2, 0) is 6.54 Å². The topological polar surface area (TPSA) is 96.5 Å². The molecule has 0 saturated heterocycles. The van der Waals surface area contributed by atoms with Crippen LogP contribution in [0.25, 0.3) is 0 Å². The number of carboxylic acids is 1. The molecule has 7 heteroatoms. The molecule has 1 saturated carbocycles. The van der Waals surface area contributed by atoms with Crippen molar-refractivity contribution < 1.29 is 19.1 Å². The van der Waals surface area contributed by atoms with Gasteiger partial charge in [0, 0.05) is 18.2 Å². The van der Waals surface area contributed by atoms with Crippen LogP contribution in [0.2, 0.25) is 0 Å². The van der Waals surface area contributed by atoms with E-state index in [1.54, 1.807) is 17.4 Å². The zero-order chi connectivity index (χ0) is 16.9. The van der Waals surface area contributed by atoms with Crippen molar-refractivity contribution in [1.29, 1.82) is 0 Å². The number of aromatic nitrogens is 2. The van der Waals surface area contributed by atoms with Crippen molar-refractivity contribution in [2.45, 2.75) is 44.7 Å². The van der Waals surface area contributed by atoms with Crippen LogP contribution in [0.15, 0.2) is 35.4 Å². The molecule has 2 aromatic heterocycles. The summed E-state index contributed by atoms with van der Waals surface area (Å²) in [5.41, 5.74) is 0.906. The quantitative estimate of drug-likeness (QED) is 0.906. The van der Waals surface area contributed by atoms with E-state index in [0.717, 1.165) is 37.4 Å². The van der Waals surface area contributed by atoms with Gasteiger partial charge in [-0.15, -0.1) is 0 Å². The largest absolute Gasteiger partial charge is 0.476 e. The second-order valence-corrected chi connectivity index (χ2v) is 5.95. The summed E-state index contributed by atoms with van der Waals surface area (Å²) in [5.74, 6) is -1.39. The summed E-state index contributed by atoms with van der Waals surface area (Å²) in [5, 5.41) is 8.89. The van der Waals surface area contributed by atoms with Gasteiger partial charge in [-0.2, -0.15) is 0 Å². The Labute approximate surface area is 139 Å². The summed E-state index contributed by atoms with van der Waals surface area (Å²) in [6, 6.07) is 1.99. The SMILES string of the molecule is O=C(O)c1cnc(C(=O)N(Cc2ccoc2)C2CCCCC2)cn1. The Morgan fingerprint density at radius 3 is 2.46 bits per heavy atom. The van der Waals surface area contributed by atoms with Crippen LogP contribution < -0.4 is 0 Å². The number of aromatic carboxylic acids is 1. The van der Waals surface area contributed by atoms with E-state index >= 15 is 0 Å². The van der Waals surface area contributed by atoms with Crippen LogP contribution in [0.4, 0.5) is 0 Å². The second kappa shape index (κ2) is 7.25. The molecule has 0 radical (unpaired) electrons. The molecular weight excluding hydrogens is 310 g/mol. The lowest BCUT2D eigenvalue weighted by molar-refractivity contribution is 0.0604. The van der Waals surface area contributed by atoms with Gasteiger partial charge in [-0.05, 0) is 18.9 Å². The number of hydrogen-bond donors (Lipinski definition) is 1. The average molecular weight is 329 g/mol. The number of furan rings is 1. The van der Waals surface area contributed by atoms with Crippen molar-refractivity contribution in [1.82, 2.24) is 14.9 Å². The van der Waals surface area contributed by atoms with Gasteiger partial charge in [0.2, 0.25) is 0 Å². The van der Waals surface area contributed by atoms with Crippen molar-refractivity contribution >= 4 is 11.9 Å². The molecule has 24 heavy (non-hydrogen) atoms. The first-order valence-electron chi connectivity index (χ1n) is 8.02. The lowest BCUT2D eigenvalue weighted by Gasteiger charge is -2.34. The lowest BCUT2D eigenvalue weighted by Crippen LogP contribution is -2.41. The molecule has 1 amide bonds. The molecule has 126 valence electrons. The zero-order valence-corrected chi connectivity index (χ0v) is 13.2. The minimum atomic E-state index is -1.16. The van der Waals surface area contributed by atoms with Gasteiger partial charge in [0.05, 0.1) is 24.9 Å². The maximum atomic E-state index is 12.9. The molecule has 7 nitrogen and oxygen atoms in total. The fraction of sp³-hybridized carbons (Fsp3) is 0.412. The highest BCUT2D eigenvalue weighted by Gasteiger charge is 2.27. The van der Waals surface area contributed by atoms with Crippen LogP contribution in [-0.4, -0.2) is 37.9 Å². The summed E-state index contributed by atoms with van der Waals surface area (Å²) in [7, 11) is 0. The van der Waals surface area contributed by atoms with Crippen LogP contribution in [0, 0.1) is 0 Å². The Morgan fingerprint density at radius 1 is 1.17 bits per heavy atom. The number of carbonyl (C=O) groups excluding carboxylic acids is 1. The van der Waals surface area contributed by atoms with Crippen LogP contribution in [0.1, 0.15) is 58.6 Å². The molecule has 0 aliphatic heterocycles. The predicted molar refractivity (Wildman–Crippen MR) is 84.4 cm³/mol. The van der Waals surface area contributed by atoms with E-state index in [-0.39, 0.29) is 23.3 Å². The van der Waals surface area contributed by atoms with Crippen LogP contribution in [0.3, 0.4) is 0 Å². The molecule has 1 aliphatic rings. The molecule has 0 atom stereocenters. The van der Waals surface area contributed by atoms with Gasteiger partial charge in [0.15, 0.2) is 5.69 Å². The highest BCUT2D eigenvalue weighted by Crippen LogP contribution is 2.25. The summed E-state index contributed by atoms with van der Waals surface area (Å²) in [4.78, 5) is 33.3. The van der Waals surface area contributed by atoms with Gasteiger partial charge in [0.25, 0.3) is 5.91 Å². The van der Waals surface area contributed by atoms with Crippen molar-refractivity contribution in [3.63, 3.8) is 0 Å². The molecule has 3 rings (SSSR count). The standard InChI is InChI=1S/C17H19N3O4/c21-16(14-8-19-15(9-18-14)17(22)23)20(10-12-6-7-24-11-12)13-4-2-1-3-5-13/h6-9,11,13H,1-5,10H2,(H,22,23). The van der Waals surface area contributed by atoms with Gasteiger partial charge in [-0.1, -0.05) is 19.3 Å². The number of carboxylic acid groups (broad SMARTS) is 1. The van der Waals surface area contributed by atoms with E-state index in [9.17, 15) is 9.59 Å². The normalized spacial score (nSPS) is 15.2. The summed E-state index contributed by atoms with van der Waals surface area (Å²) < 4.78 is 5.10. The number of rotatable bonds is 5. The summed E-state index contributed by atoms with van der Waals surface area (Å²) in [6.45, 7) is 0.447. The molecule has 2 heterocycles. The zero-order valence-electron chi connectivity index (χ0n) is 13.2. The molecule has 1 N–H and O–H groups in total. The first-order chi connectivity index (χ1) is 11.6. The van der Waals surface area contributed by atoms with Crippen molar-refractivity contribution in [3.8, 4) is 0 Å². The predicted octanol–water partition coefficient (Wildman–Crippen LogP) is 2.74. The molecule has 0 bridgehead atoms. The second-order valence-electron chi connectivity index (χ2n) is 5.95. The monoisotopic (exact) mass is 329 g/mol. The summed E-state index contributed by atoms with van der Waals surface area (Å²) >= 11 is 0. The molecule has 0 aromatic carbocycles. The molecule has 1 aliphatic carbocycles. The van der Waals surface area contributed by atoms with E-state index in [4.69, 9.17) is 9.52 Å².